The average Bonchev–Trinajstić information content (AvgIpc) is 2.93. The normalized spacial score (nSPS) is 14.2. The Morgan fingerprint density at radius 3 is 1.93 bits per heavy atom. The number of nitrogens with zero attached hydrogens (tertiary/aromatic N) is 1. The van der Waals surface area contributed by atoms with E-state index in [9.17, 15) is 29.1 Å². The van der Waals surface area contributed by atoms with Gasteiger partial charge in [-0.3, -0.25) is 14.4 Å². The number of phenolic OH excluding ortho intramolecular Hbond substituents is 1. The number of nitrogens with one attached hydrogen (secondary N) is 2. The molecule has 12 nitrogen and oxygen atoms in total. The molecule has 4 unspecified atom stereocenters. The zero-order valence-corrected chi connectivity index (χ0v) is 28.0. The lowest BCUT2D eigenvalue weighted by Gasteiger charge is -2.38. The van der Waals surface area contributed by atoms with Crippen LogP contribution in [0.4, 0.5) is 4.79 Å². The molecule has 4 atom stereocenters. The second-order valence-corrected chi connectivity index (χ2v) is 13.1. The molecule has 0 saturated carbocycles. The minimum Gasteiger partial charge on any atom is -0.508 e. The maximum atomic E-state index is 14.4. The van der Waals surface area contributed by atoms with Gasteiger partial charge in [-0.1, -0.05) is 55.5 Å². The van der Waals surface area contributed by atoms with Gasteiger partial charge < -0.3 is 35.8 Å². The predicted octanol–water partition coefficient (Wildman–Crippen LogP) is 3.90. The van der Waals surface area contributed by atoms with Crippen LogP contribution in [0, 0.1) is 0 Å². The van der Waals surface area contributed by atoms with Crippen LogP contribution in [0.25, 0.3) is 0 Å². The van der Waals surface area contributed by atoms with E-state index in [4.69, 9.17) is 15.2 Å². The second kappa shape index (κ2) is 16.1. The lowest BCUT2D eigenvalue weighted by atomic mass is 9.97. The number of primary amides is 1. The molecule has 0 fully saturated rings. The van der Waals surface area contributed by atoms with E-state index in [-0.39, 0.29) is 17.7 Å². The number of amides is 4. The summed E-state index contributed by atoms with van der Waals surface area (Å²) < 4.78 is 10.9. The van der Waals surface area contributed by atoms with Gasteiger partial charge >= 0.3 is 12.1 Å². The number of hydrogen-bond donors (Lipinski definition) is 4. The molecule has 252 valence electrons. The van der Waals surface area contributed by atoms with E-state index in [0.29, 0.717) is 6.42 Å². The zero-order valence-electron chi connectivity index (χ0n) is 28.0. The molecule has 0 bridgehead atoms. The van der Waals surface area contributed by atoms with Crippen LogP contribution < -0.4 is 16.4 Å². The average molecular weight is 641 g/mol. The number of esters is 1. The highest BCUT2D eigenvalue weighted by Gasteiger charge is 2.41. The van der Waals surface area contributed by atoms with Crippen LogP contribution in [0.5, 0.6) is 5.75 Å². The molecule has 0 heterocycles. The fourth-order valence-electron chi connectivity index (χ4n) is 4.63. The molecule has 0 saturated heterocycles. The first-order valence-electron chi connectivity index (χ1n) is 15.3. The van der Waals surface area contributed by atoms with Gasteiger partial charge in [0.1, 0.15) is 35.1 Å². The highest BCUT2D eigenvalue weighted by Crippen LogP contribution is 2.32. The highest BCUT2D eigenvalue weighted by molar-refractivity contribution is 5.96. The molecule has 2 aromatic carbocycles. The molecule has 4 amide bonds. The number of alkyl carbamates (subject to hydrolysis) is 1. The number of ether oxygens (including phenoxy) is 2. The lowest BCUT2D eigenvalue weighted by molar-refractivity contribution is -0.159. The van der Waals surface area contributed by atoms with Gasteiger partial charge in [-0.15, -0.1) is 0 Å². The van der Waals surface area contributed by atoms with Crippen LogP contribution in [-0.2, 0) is 35.1 Å². The van der Waals surface area contributed by atoms with Crippen LogP contribution in [0.1, 0.15) is 85.4 Å². The van der Waals surface area contributed by atoms with Gasteiger partial charge in [-0.2, -0.15) is 0 Å². The first-order chi connectivity index (χ1) is 21.3. The summed E-state index contributed by atoms with van der Waals surface area (Å²) in [7, 11) is 0. The smallest absolute Gasteiger partial charge is 0.408 e. The number of nitrogens with two attached hydrogens (primary N) is 1. The Morgan fingerprint density at radius 2 is 1.41 bits per heavy atom. The van der Waals surface area contributed by atoms with E-state index in [1.807, 2.05) is 6.07 Å². The third-order valence-corrected chi connectivity index (χ3v) is 6.76. The summed E-state index contributed by atoms with van der Waals surface area (Å²) in [6.07, 6.45) is -1.13. The predicted molar refractivity (Wildman–Crippen MR) is 172 cm³/mol. The van der Waals surface area contributed by atoms with E-state index < -0.39 is 71.6 Å². The van der Waals surface area contributed by atoms with Gasteiger partial charge in [-0.05, 0) is 66.5 Å². The van der Waals surface area contributed by atoms with Crippen molar-refractivity contribution in [3.8, 4) is 5.75 Å². The van der Waals surface area contributed by atoms with Crippen molar-refractivity contribution in [1.29, 1.82) is 0 Å². The Balaban J connectivity index is 2.65. The van der Waals surface area contributed by atoms with E-state index in [1.165, 1.54) is 17.0 Å². The van der Waals surface area contributed by atoms with E-state index >= 15 is 0 Å². The van der Waals surface area contributed by atoms with Crippen molar-refractivity contribution in [3.05, 3.63) is 65.7 Å². The molecule has 2 aromatic rings. The summed E-state index contributed by atoms with van der Waals surface area (Å²) in [6.45, 7) is 13.5. The van der Waals surface area contributed by atoms with Crippen molar-refractivity contribution in [3.63, 3.8) is 0 Å². The van der Waals surface area contributed by atoms with Crippen LogP contribution in [0.15, 0.2) is 54.6 Å². The lowest BCUT2D eigenvalue weighted by Crippen LogP contribution is -2.57. The van der Waals surface area contributed by atoms with E-state index in [2.05, 4.69) is 10.6 Å². The van der Waals surface area contributed by atoms with Gasteiger partial charge in [0.2, 0.25) is 17.7 Å². The summed E-state index contributed by atoms with van der Waals surface area (Å²) in [6, 6.07) is 10.2. The summed E-state index contributed by atoms with van der Waals surface area (Å²) in [4.78, 5) is 68.0. The Kier molecular flexibility index (Phi) is 13.2. The zero-order chi connectivity index (χ0) is 34.8. The second-order valence-electron chi connectivity index (χ2n) is 13.1. The topological polar surface area (TPSA) is 177 Å². The quantitative estimate of drug-likeness (QED) is 0.238. The molecular formula is C34H48N4O8. The molecule has 0 radical (unpaired) electrons. The molecule has 12 heteroatoms. The van der Waals surface area contributed by atoms with Crippen molar-refractivity contribution < 1.29 is 38.6 Å². The Morgan fingerprint density at radius 1 is 0.848 bits per heavy atom. The molecule has 0 aliphatic carbocycles. The monoisotopic (exact) mass is 640 g/mol. The molecule has 5 N–H and O–H groups in total. The molecule has 46 heavy (non-hydrogen) atoms. The van der Waals surface area contributed by atoms with Gasteiger partial charge in [0.15, 0.2) is 0 Å². The molecule has 0 spiro atoms. The van der Waals surface area contributed by atoms with E-state index in [0.717, 1.165) is 5.56 Å². The number of para-hydroxylation sites is 1. The van der Waals surface area contributed by atoms with Gasteiger partial charge in [-0.25, -0.2) is 9.59 Å². The number of aromatic hydroxyl groups is 1. The molecule has 0 aromatic heterocycles. The first kappa shape index (κ1) is 37.6. The molecule has 0 aliphatic rings. The third-order valence-electron chi connectivity index (χ3n) is 6.76. The Labute approximate surface area is 271 Å². The summed E-state index contributed by atoms with van der Waals surface area (Å²) in [5.41, 5.74) is 4.50. The Bertz CT molecular complexity index is 1370. The van der Waals surface area contributed by atoms with Crippen molar-refractivity contribution in [2.45, 2.75) is 110 Å². The summed E-state index contributed by atoms with van der Waals surface area (Å²) in [5.74, 6) is -3.47. The molecular weight excluding hydrogens is 592 g/mol. The number of benzene rings is 2. The van der Waals surface area contributed by atoms with E-state index in [1.54, 1.807) is 91.8 Å². The minimum atomic E-state index is -1.51. The standard InChI is InChI=1S/C34H48N4O8/c1-9-21(2)38(30(42)24(20-27(35)40)37-32(44)46-34(6,7)8)28(23-17-13-14-18-26(23)39)29(41)36-25(31(43)45-33(3,4)5)19-22-15-11-10-12-16-22/h10-18,21,24-25,28,39H,9,19-20H2,1-8H3,(H2,35,40)(H,36,41)(H,37,44). The number of carbonyl (C=O) groups is 5. The van der Waals surface area contributed by atoms with Crippen LogP contribution in [0.3, 0.4) is 0 Å². The SMILES string of the molecule is CCC(C)N(C(=O)C(CC(N)=O)NC(=O)OC(C)(C)C)C(C(=O)NC(Cc1ccccc1)C(=O)OC(C)(C)C)c1ccccc1O. The summed E-state index contributed by atoms with van der Waals surface area (Å²) in [5, 5.41) is 16.1. The van der Waals surface area contributed by atoms with Gasteiger partial charge in [0, 0.05) is 18.0 Å². The van der Waals surface area contributed by atoms with Gasteiger partial charge in [0.25, 0.3) is 0 Å². The maximum absolute atomic E-state index is 14.4. The van der Waals surface area contributed by atoms with Gasteiger partial charge in [0.05, 0.1) is 6.42 Å². The summed E-state index contributed by atoms with van der Waals surface area (Å²) >= 11 is 0. The fraction of sp³-hybridized carbons (Fsp3) is 0.500. The van der Waals surface area contributed by atoms with Crippen LogP contribution in [-0.4, -0.2) is 69.1 Å². The molecule has 0 aliphatic heterocycles. The van der Waals surface area contributed by atoms with Crippen LogP contribution >= 0.6 is 0 Å². The fourth-order valence-corrected chi connectivity index (χ4v) is 4.63. The highest BCUT2D eigenvalue weighted by atomic mass is 16.6. The first-order valence-corrected chi connectivity index (χ1v) is 15.3. The van der Waals surface area contributed by atoms with Crippen LogP contribution in [0.2, 0.25) is 0 Å². The van der Waals surface area contributed by atoms with Crippen molar-refractivity contribution in [2.75, 3.05) is 0 Å². The third kappa shape index (κ3) is 11.7. The number of rotatable bonds is 13. The van der Waals surface area contributed by atoms with Crippen molar-refractivity contribution in [1.82, 2.24) is 15.5 Å². The number of hydrogen-bond acceptors (Lipinski definition) is 8. The maximum Gasteiger partial charge on any atom is 0.408 e. The number of carbonyl (C=O) groups excluding carboxylic acids is 5. The van der Waals surface area contributed by atoms with Crippen molar-refractivity contribution >= 4 is 29.8 Å². The minimum absolute atomic E-state index is 0.0615. The Hall–Kier alpha value is -4.61. The largest absolute Gasteiger partial charge is 0.508 e. The van der Waals surface area contributed by atoms with Crippen molar-refractivity contribution in [2.24, 2.45) is 5.73 Å². The number of phenols is 1. The molecule has 2 rings (SSSR count).